The van der Waals surface area contributed by atoms with Crippen molar-refractivity contribution in [3.8, 4) is 0 Å². The van der Waals surface area contributed by atoms with E-state index in [1.54, 1.807) is 0 Å². The van der Waals surface area contributed by atoms with Gasteiger partial charge >= 0.3 is 0 Å². The van der Waals surface area contributed by atoms with Crippen LogP contribution in [0.1, 0.15) is 93.4 Å². The molecule has 4 aliphatic carbocycles. The maximum atomic E-state index is 10.9. The average Bonchev–Trinajstić information content (AvgIpc) is 3.11. The fourth-order valence-corrected chi connectivity index (χ4v) is 9.93. The van der Waals surface area contributed by atoms with E-state index in [0.29, 0.717) is 28.6 Å². The Kier molecular flexibility index (Phi) is 5.25. The summed E-state index contributed by atoms with van der Waals surface area (Å²) in [7, 11) is 0. The van der Waals surface area contributed by atoms with Gasteiger partial charge in [-0.1, -0.05) is 58.9 Å². The molecule has 3 nitrogen and oxygen atoms in total. The molecule has 1 saturated heterocycles. The Bertz CT molecular complexity index is 851. The molecule has 3 heteroatoms. The minimum atomic E-state index is -0.728. The first-order chi connectivity index (χ1) is 15.2. The van der Waals surface area contributed by atoms with E-state index in [1.165, 1.54) is 25.7 Å². The van der Waals surface area contributed by atoms with Crippen molar-refractivity contribution in [1.29, 1.82) is 0 Å². The van der Waals surface area contributed by atoms with Crippen LogP contribution in [0.25, 0.3) is 0 Å². The molecule has 1 aliphatic heterocycles. The van der Waals surface area contributed by atoms with Crippen LogP contribution in [0, 0.1) is 45.3 Å². The van der Waals surface area contributed by atoms with Crippen LogP contribution in [0.2, 0.25) is 0 Å². The molecule has 5 aliphatic rings. The quantitative estimate of drug-likeness (QED) is 0.488. The predicted molar refractivity (Wildman–Crippen MR) is 134 cm³/mol. The molecule has 0 aromatic rings. The molecular formula is C30H48O3. The molecule has 0 unspecified atom stereocenters. The van der Waals surface area contributed by atoms with Crippen LogP contribution in [0.3, 0.4) is 0 Å². The molecule has 1 heterocycles. The van der Waals surface area contributed by atoms with Gasteiger partial charge in [-0.15, -0.1) is 0 Å². The minimum Gasteiger partial charge on any atom is -0.392 e. The molecule has 5 rings (SSSR count). The van der Waals surface area contributed by atoms with Crippen LogP contribution < -0.4 is 0 Å². The van der Waals surface area contributed by atoms with Gasteiger partial charge in [-0.3, -0.25) is 0 Å². The molecule has 2 N–H and O–H groups in total. The second-order valence-electron chi connectivity index (χ2n) is 14.3. The number of hydrogen-bond donors (Lipinski definition) is 2. The lowest BCUT2D eigenvalue weighted by molar-refractivity contribution is -0.168. The van der Waals surface area contributed by atoms with E-state index in [0.717, 1.165) is 31.8 Å². The van der Waals surface area contributed by atoms with E-state index in [9.17, 15) is 10.2 Å². The Morgan fingerprint density at radius 1 is 1.06 bits per heavy atom. The summed E-state index contributed by atoms with van der Waals surface area (Å²) in [6.45, 7) is 16.7. The second kappa shape index (κ2) is 7.20. The number of fused-ring (bicyclic) bond motifs is 2. The Morgan fingerprint density at radius 2 is 1.79 bits per heavy atom. The monoisotopic (exact) mass is 456 g/mol. The highest BCUT2D eigenvalue weighted by Crippen LogP contribution is 2.77. The van der Waals surface area contributed by atoms with E-state index in [1.807, 2.05) is 19.9 Å². The van der Waals surface area contributed by atoms with E-state index < -0.39 is 5.60 Å². The lowest BCUT2D eigenvalue weighted by atomic mass is 9.38. The summed E-state index contributed by atoms with van der Waals surface area (Å²) in [6, 6.07) is 0. The van der Waals surface area contributed by atoms with Gasteiger partial charge < -0.3 is 14.9 Å². The predicted octanol–water partition coefficient (Wildman–Crippen LogP) is 6.29. The van der Waals surface area contributed by atoms with Gasteiger partial charge in [0, 0.05) is 16.7 Å². The van der Waals surface area contributed by atoms with Crippen LogP contribution >= 0.6 is 0 Å². The van der Waals surface area contributed by atoms with E-state index in [2.05, 4.69) is 52.8 Å². The molecule has 0 aromatic heterocycles. The number of allylic oxidation sites excluding steroid dienone is 2. The van der Waals surface area contributed by atoms with Crippen molar-refractivity contribution in [3.05, 3.63) is 24.3 Å². The van der Waals surface area contributed by atoms with Gasteiger partial charge in [0.2, 0.25) is 0 Å². The van der Waals surface area contributed by atoms with Crippen molar-refractivity contribution in [1.82, 2.24) is 0 Å². The van der Waals surface area contributed by atoms with Crippen molar-refractivity contribution in [3.63, 3.8) is 0 Å². The summed E-state index contributed by atoms with van der Waals surface area (Å²) in [5.41, 5.74) is -0.392. The first kappa shape index (κ1) is 24.1. The highest BCUT2D eigenvalue weighted by molar-refractivity contribution is 5.33. The first-order valence-corrected chi connectivity index (χ1v) is 13.7. The largest absolute Gasteiger partial charge is 0.392 e. The average molecular weight is 457 g/mol. The maximum absolute atomic E-state index is 10.9. The summed E-state index contributed by atoms with van der Waals surface area (Å²) in [5, 5.41) is 21.0. The summed E-state index contributed by atoms with van der Waals surface area (Å²) < 4.78 is 6.82. The Morgan fingerprint density at radius 3 is 2.48 bits per heavy atom. The normalized spacial score (nSPS) is 51.3. The number of ether oxygens (including phenoxy) is 1. The van der Waals surface area contributed by atoms with E-state index >= 15 is 0 Å². The Hall–Kier alpha value is -0.640. The smallest absolute Gasteiger partial charge is 0.0972 e. The summed E-state index contributed by atoms with van der Waals surface area (Å²) >= 11 is 0. The zero-order valence-corrected chi connectivity index (χ0v) is 22.2. The third-order valence-corrected chi connectivity index (χ3v) is 12.1. The van der Waals surface area contributed by atoms with Gasteiger partial charge in [0.1, 0.15) is 0 Å². The van der Waals surface area contributed by atoms with Gasteiger partial charge in [0.15, 0.2) is 0 Å². The van der Waals surface area contributed by atoms with Crippen LogP contribution in [-0.4, -0.2) is 34.1 Å². The third-order valence-electron chi connectivity index (χ3n) is 12.1. The molecule has 0 radical (unpaired) electrons. The SMILES string of the molecule is C[C@H](C/C=C/C(C)(C)O)[C@H]1CC[C@@]2(C)[C@@H]3C=C[C@@]45OC[C@]3(CC[C@]12C)[C@@H]4CC[C@H](O)C5(C)C. The van der Waals surface area contributed by atoms with E-state index in [-0.39, 0.29) is 22.5 Å². The number of hydrogen-bond acceptors (Lipinski definition) is 3. The Labute approximate surface area is 202 Å². The van der Waals surface area contributed by atoms with Crippen LogP contribution in [-0.2, 0) is 4.74 Å². The number of aliphatic hydroxyl groups is 2. The molecule has 33 heavy (non-hydrogen) atoms. The maximum Gasteiger partial charge on any atom is 0.0972 e. The van der Waals surface area contributed by atoms with Gasteiger partial charge in [0.05, 0.1) is 23.9 Å². The lowest BCUT2D eigenvalue weighted by Crippen LogP contribution is -2.64. The fourth-order valence-electron chi connectivity index (χ4n) is 9.93. The van der Waals surface area contributed by atoms with Crippen LogP contribution in [0.5, 0.6) is 0 Å². The molecule has 9 atom stereocenters. The second-order valence-corrected chi connectivity index (χ2v) is 14.3. The zero-order chi connectivity index (χ0) is 24.1. The van der Waals surface area contributed by atoms with Crippen LogP contribution in [0.4, 0.5) is 0 Å². The van der Waals surface area contributed by atoms with Crippen molar-refractivity contribution in [2.24, 2.45) is 45.3 Å². The molecule has 0 amide bonds. The van der Waals surface area contributed by atoms with Crippen molar-refractivity contribution in [2.45, 2.75) is 111 Å². The molecule has 3 saturated carbocycles. The number of aliphatic hydroxyl groups excluding tert-OH is 1. The third kappa shape index (κ3) is 2.97. The highest BCUT2D eigenvalue weighted by Gasteiger charge is 2.75. The topological polar surface area (TPSA) is 49.7 Å². The van der Waals surface area contributed by atoms with Crippen molar-refractivity contribution in [2.75, 3.05) is 6.61 Å². The fraction of sp³-hybridized carbons (Fsp3) is 0.867. The number of rotatable bonds is 4. The molecule has 186 valence electrons. The summed E-state index contributed by atoms with van der Waals surface area (Å²) in [6.07, 6.45) is 17.1. The van der Waals surface area contributed by atoms with Gasteiger partial charge in [0.25, 0.3) is 0 Å². The van der Waals surface area contributed by atoms with Gasteiger partial charge in [-0.25, -0.2) is 0 Å². The molecular weight excluding hydrogens is 408 g/mol. The minimum absolute atomic E-state index is 0.234. The van der Waals surface area contributed by atoms with Crippen LogP contribution in [0.15, 0.2) is 24.3 Å². The molecule has 0 aromatic carbocycles. The van der Waals surface area contributed by atoms with Crippen molar-refractivity contribution >= 4 is 0 Å². The van der Waals surface area contributed by atoms with E-state index in [4.69, 9.17) is 4.74 Å². The molecule has 1 spiro atoms. The van der Waals surface area contributed by atoms with Gasteiger partial charge in [-0.2, -0.15) is 0 Å². The van der Waals surface area contributed by atoms with Gasteiger partial charge in [-0.05, 0) is 87.4 Å². The summed E-state index contributed by atoms with van der Waals surface area (Å²) in [5.74, 6) is 2.45. The lowest BCUT2D eigenvalue weighted by Gasteiger charge is -2.65. The molecule has 4 fully saturated rings. The summed E-state index contributed by atoms with van der Waals surface area (Å²) in [4.78, 5) is 0. The zero-order valence-electron chi connectivity index (χ0n) is 22.2. The molecule has 2 bridgehead atoms. The van der Waals surface area contributed by atoms with Crippen molar-refractivity contribution < 1.29 is 14.9 Å². The highest BCUT2D eigenvalue weighted by atomic mass is 16.5. The first-order valence-electron chi connectivity index (χ1n) is 13.7. The standard InChI is InChI=1S/C30H48O3/c1-20(9-8-14-25(2,3)32)21-12-15-28(7)22-13-16-30-23(10-11-24(31)26(30,4)5)29(22,19-33-30)18-17-27(21,28)6/h8,13-14,16,20-24,31-32H,9-12,15,17-19H2,1-7H3/b14-8+/t20-,21-,22+,23+,24+,27-,28+,29+,30-/m1/s1. The Balaban J connectivity index is 1.47.